The van der Waals surface area contributed by atoms with E-state index in [4.69, 9.17) is 0 Å². The monoisotopic (exact) mass is 762 g/mol. The van der Waals surface area contributed by atoms with Gasteiger partial charge in [-0.3, -0.25) is 4.18 Å². The SMILES string of the molecule is CC.CC.COS(=O)(=O)OCC(F)(F)C(F)F.C[S+](Cc1ccccc1)c1ccc(O)cc1.Cc1ccccc1C[S+](C)c1ccc(O)cc1. The Labute approximate surface area is 301 Å². The van der Waals surface area contributed by atoms with Gasteiger partial charge in [0.15, 0.2) is 9.79 Å². The van der Waals surface area contributed by atoms with Gasteiger partial charge in [-0.2, -0.15) is 17.2 Å². The summed E-state index contributed by atoms with van der Waals surface area (Å²) in [7, 11) is -3.57. The van der Waals surface area contributed by atoms with Crippen molar-refractivity contribution in [3.8, 4) is 11.5 Å². The third kappa shape index (κ3) is 18.7. The van der Waals surface area contributed by atoms with E-state index in [0.717, 1.165) is 11.5 Å². The molecule has 0 amide bonds. The molecule has 4 aromatic carbocycles. The molecule has 0 spiro atoms. The standard InChI is InChI=1S/C15H16OS.C14H14OS.C4H6F4O4S.2C2H6/c1-12-5-3-4-6-13(12)11-17(2)15-9-7-14(16)8-10-15;1-16(11-12-5-3-2-4-6-12)14-9-7-13(15)8-10-14;1-11-13(9,10)12-2-4(7,8)3(5)6;2*1-2/h3-10H,11H2,1-2H3;2-10H,11H2,1H3;3H,2H2,1H3;2*1-2H3/p+2. The van der Waals surface area contributed by atoms with Crippen molar-refractivity contribution in [3.05, 3.63) is 120 Å². The molecule has 0 saturated carbocycles. The summed E-state index contributed by atoms with van der Waals surface area (Å²) in [5, 5.41) is 18.5. The van der Waals surface area contributed by atoms with Crippen LogP contribution in [0.25, 0.3) is 0 Å². The first-order chi connectivity index (χ1) is 23.6. The largest absolute Gasteiger partial charge is 0.508 e. The maximum atomic E-state index is 12.0. The van der Waals surface area contributed by atoms with Gasteiger partial charge in [0.1, 0.15) is 42.1 Å². The fraction of sp³-hybridized carbons (Fsp3) is 0.351. The lowest BCUT2D eigenvalue weighted by molar-refractivity contribution is -0.148. The van der Waals surface area contributed by atoms with Crippen LogP contribution >= 0.6 is 0 Å². The first-order valence-corrected chi connectivity index (χ1v) is 20.6. The Hall–Kier alpha value is -3.23. The minimum atomic E-state index is -4.60. The third-order valence-corrected chi connectivity index (χ3v) is 10.7. The van der Waals surface area contributed by atoms with Crippen LogP contribution in [0.1, 0.15) is 44.4 Å². The van der Waals surface area contributed by atoms with Gasteiger partial charge in [0.25, 0.3) is 0 Å². The molecule has 50 heavy (non-hydrogen) atoms. The molecule has 0 aliphatic rings. The summed E-state index contributed by atoms with van der Waals surface area (Å²) in [6, 6.07) is 34.1. The van der Waals surface area contributed by atoms with Crippen molar-refractivity contribution in [2.24, 2.45) is 0 Å². The molecule has 13 heteroatoms. The first kappa shape index (κ1) is 46.8. The lowest BCUT2D eigenvalue weighted by atomic mass is 10.1. The zero-order valence-electron chi connectivity index (χ0n) is 29.8. The van der Waals surface area contributed by atoms with E-state index in [-0.39, 0.29) is 21.8 Å². The van der Waals surface area contributed by atoms with Gasteiger partial charge >= 0.3 is 22.7 Å². The molecule has 4 rings (SSSR count). The van der Waals surface area contributed by atoms with Crippen molar-refractivity contribution < 1.29 is 44.6 Å². The number of phenols is 2. The van der Waals surface area contributed by atoms with Crippen molar-refractivity contribution >= 4 is 32.2 Å². The van der Waals surface area contributed by atoms with Crippen LogP contribution in [0, 0.1) is 6.92 Å². The minimum Gasteiger partial charge on any atom is -0.508 e. The van der Waals surface area contributed by atoms with E-state index in [1.807, 2.05) is 58.0 Å². The molecule has 0 aliphatic heterocycles. The van der Waals surface area contributed by atoms with Crippen molar-refractivity contribution in [2.75, 3.05) is 26.2 Å². The molecule has 0 bridgehead atoms. The summed E-state index contributed by atoms with van der Waals surface area (Å²) in [4.78, 5) is 2.59. The van der Waals surface area contributed by atoms with Crippen molar-refractivity contribution in [2.45, 2.75) is 68.3 Å². The molecule has 2 atom stereocenters. The average molecular weight is 763 g/mol. The van der Waals surface area contributed by atoms with Crippen LogP contribution < -0.4 is 0 Å². The van der Waals surface area contributed by atoms with Gasteiger partial charge in [-0.15, -0.1) is 0 Å². The number of aromatic hydroxyl groups is 2. The number of aryl methyl sites for hydroxylation is 1. The highest BCUT2D eigenvalue weighted by atomic mass is 32.3. The van der Waals surface area contributed by atoms with E-state index in [2.05, 4.69) is 76.3 Å². The second-order valence-electron chi connectivity index (χ2n) is 9.86. The highest BCUT2D eigenvalue weighted by Gasteiger charge is 2.42. The van der Waals surface area contributed by atoms with E-state index >= 15 is 0 Å². The summed E-state index contributed by atoms with van der Waals surface area (Å²) in [5.41, 5.74) is 4.12. The molecule has 0 aliphatic carbocycles. The maximum Gasteiger partial charge on any atom is 0.399 e. The summed E-state index contributed by atoms with van der Waals surface area (Å²) in [6.07, 6.45) is 0.498. The molecule has 0 saturated heterocycles. The van der Waals surface area contributed by atoms with Crippen molar-refractivity contribution in [1.82, 2.24) is 0 Å². The van der Waals surface area contributed by atoms with E-state index in [1.54, 1.807) is 24.3 Å². The number of halogens is 4. The van der Waals surface area contributed by atoms with Crippen LogP contribution in [0.4, 0.5) is 17.6 Å². The Morgan fingerprint density at radius 3 is 1.54 bits per heavy atom. The van der Waals surface area contributed by atoms with Crippen LogP contribution in [0.5, 0.6) is 11.5 Å². The summed E-state index contributed by atoms with van der Waals surface area (Å²) in [6.45, 7) is 8.21. The van der Waals surface area contributed by atoms with Gasteiger partial charge in [0, 0.05) is 32.9 Å². The lowest BCUT2D eigenvalue weighted by Gasteiger charge is -2.13. The van der Waals surface area contributed by atoms with Gasteiger partial charge in [0.05, 0.1) is 7.11 Å². The molecule has 0 fully saturated rings. The van der Waals surface area contributed by atoms with Crippen LogP contribution in [0.15, 0.2) is 113 Å². The number of phenolic OH excluding ortho intramolecular Hbond substituents is 2. The van der Waals surface area contributed by atoms with E-state index in [0.29, 0.717) is 18.6 Å². The lowest BCUT2D eigenvalue weighted by Crippen LogP contribution is -2.33. The minimum absolute atomic E-state index is 0.186. The fourth-order valence-electron chi connectivity index (χ4n) is 3.61. The normalized spacial score (nSPS) is 11.9. The predicted octanol–water partition coefficient (Wildman–Crippen LogP) is 9.55. The molecule has 0 radical (unpaired) electrons. The first-order valence-electron chi connectivity index (χ1n) is 15.7. The molecule has 0 aromatic heterocycles. The highest BCUT2D eigenvalue weighted by molar-refractivity contribution is 7.95. The number of hydrogen-bond acceptors (Lipinski definition) is 6. The Morgan fingerprint density at radius 1 is 0.700 bits per heavy atom. The van der Waals surface area contributed by atoms with E-state index in [9.17, 15) is 36.2 Å². The average Bonchev–Trinajstić information content (AvgIpc) is 3.12. The Morgan fingerprint density at radius 2 is 1.12 bits per heavy atom. The van der Waals surface area contributed by atoms with Crippen LogP contribution in [-0.4, -0.2) is 57.2 Å². The summed E-state index contributed by atoms with van der Waals surface area (Å²) in [5.74, 6) is -1.71. The van der Waals surface area contributed by atoms with Crippen LogP contribution in [-0.2, 0) is 52.1 Å². The molecule has 2 N–H and O–H groups in total. The van der Waals surface area contributed by atoms with Crippen molar-refractivity contribution in [1.29, 1.82) is 0 Å². The third-order valence-electron chi connectivity index (χ3n) is 6.26. The Balaban J connectivity index is 0.000000692. The number of hydrogen-bond donors (Lipinski definition) is 2. The van der Waals surface area contributed by atoms with Gasteiger partial charge in [-0.05, 0) is 61.0 Å². The van der Waals surface area contributed by atoms with Crippen molar-refractivity contribution in [3.63, 3.8) is 0 Å². The fourth-order valence-corrected chi connectivity index (χ4v) is 7.03. The second kappa shape index (κ2) is 24.8. The van der Waals surface area contributed by atoms with Crippen LogP contribution in [0.2, 0.25) is 0 Å². The quantitative estimate of drug-likeness (QED) is 0.117. The van der Waals surface area contributed by atoms with Crippen LogP contribution in [0.3, 0.4) is 0 Å². The molecule has 6 nitrogen and oxygen atoms in total. The topological polar surface area (TPSA) is 93.1 Å². The van der Waals surface area contributed by atoms with E-state index < -0.39 is 29.4 Å². The summed E-state index contributed by atoms with van der Waals surface area (Å²) >= 11 is 0. The predicted molar refractivity (Wildman–Crippen MR) is 200 cm³/mol. The second-order valence-corrected chi connectivity index (χ2v) is 15.3. The highest BCUT2D eigenvalue weighted by Crippen LogP contribution is 2.24. The Bertz CT molecular complexity index is 1560. The molecule has 4 aromatic rings. The molecular formula is C37H50F4O6S3+2. The zero-order chi connectivity index (χ0) is 38.3. The summed E-state index contributed by atoms with van der Waals surface area (Å²) < 4.78 is 74.4. The smallest absolute Gasteiger partial charge is 0.399 e. The van der Waals surface area contributed by atoms with Gasteiger partial charge in [0.2, 0.25) is 0 Å². The number of rotatable bonds is 11. The van der Waals surface area contributed by atoms with E-state index in [1.165, 1.54) is 26.5 Å². The number of benzene rings is 4. The van der Waals surface area contributed by atoms with Gasteiger partial charge in [-0.25, -0.2) is 13.0 Å². The Kier molecular flexibility index (Phi) is 23.2. The molecule has 0 heterocycles. The molecule has 278 valence electrons. The maximum absolute atomic E-state index is 12.0. The molecule has 2 unspecified atom stereocenters. The number of alkyl halides is 4. The van der Waals surface area contributed by atoms with Gasteiger partial charge < -0.3 is 10.2 Å². The zero-order valence-corrected chi connectivity index (χ0v) is 32.2. The molecular weight excluding hydrogens is 713 g/mol. The van der Waals surface area contributed by atoms with Gasteiger partial charge in [-0.1, -0.05) is 82.3 Å².